The minimum atomic E-state index is -0.417. The molecule has 9 heteroatoms. The van der Waals surface area contributed by atoms with Crippen LogP contribution in [-0.2, 0) is 4.79 Å². The van der Waals surface area contributed by atoms with Gasteiger partial charge in [-0.2, -0.15) is 0 Å². The number of carbonyl (C=O) groups is 2. The number of non-ortho nitro benzene ring substituents is 1. The number of hydrogen-bond acceptors (Lipinski definition) is 6. The largest absolute Gasteiger partial charge is 0.492 e. The third kappa shape index (κ3) is 5.00. The Bertz CT molecular complexity index is 1360. The number of aromatic nitrogens is 1. The van der Waals surface area contributed by atoms with Gasteiger partial charge in [-0.25, -0.2) is 0 Å². The number of nitro groups is 1. The van der Waals surface area contributed by atoms with Crippen LogP contribution in [0.5, 0.6) is 5.75 Å². The van der Waals surface area contributed by atoms with E-state index in [2.05, 4.69) is 0 Å². The predicted octanol–water partition coefficient (Wildman–Crippen LogP) is 5.73. The molecule has 0 saturated carbocycles. The summed E-state index contributed by atoms with van der Waals surface area (Å²) in [4.78, 5) is 37.6. The van der Waals surface area contributed by atoms with Crippen molar-refractivity contribution in [2.45, 2.75) is 27.7 Å². The van der Waals surface area contributed by atoms with E-state index in [0.29, 0.717) is 10.7 Å². The lowest BCUT2D eigenvalue weighted by molar-refractivity contribution is -0.384. The molecule has 2 aromatic carbocycles. The predicted molar refractivity (Wildman–Crippen MR) is 136 cm³/mol. The molecule has 0 atom stereocenters. The van der Waals surface area contributed by atoms with Crippen molar-refractivity contribution < 1.29 is 19.2 Å². The van der Waals surface area contributed by atoms with Gasteiger partial charge in [0.05, 0.1) is 16.4 Å². The summed E-state index contributed by atoms with van der Waals surface area (Å²) in [6.45, 7) is 8.03. The Labute approximate surface area is 207 Å². The smallest absolute Gasteiger partial charge is 0.293 e. The van der Waals surface area contributed by atoms with Gasteiger partial charge in [0.1, 0.15) is 12.4 Å². The number of benzene rings is 2. The van der Waals surface area contributed by atoms with Crippen molar-refractivity contribution in [3.05, 3.63) is 91.6 Å². The van der Waals surface area contributed by atoms with Gasteiger partial charge in [-0.1, -0.05) is 17.7 Å². The number of hydrogen-bond donors (Lipinski definition) is 0. The lowest BCUT2D eigenvalue weighted by Gasteiger charge is -2.13. The molecule has 0 unspecified atom stereocenters. The van der Waals surface area contributed by atoms with Gasteiger partial charge < -0.3 is 9.30 Å². The molecule has 0 radical (unpaired) electrons. The van der Waals surface area contributed by atoms with E-state index < -0.39 is 4.92 Å². The molecule has 0 N–H and O–H groups in total. The highest BCUT2D eigenvalue weighted by Gasteiger charge is 2.35. The van der Waals surface area contributed by atoms with Crippen LogP contribution < -0.4 is 4.74 Å². The average molecular weight is 492 g/mol. The second-order valence-corrected chi connectivity index (χ2v) is 9.38. The van der Waals surface area contributed by atoms with E-state index in [9.17, 15) is 19.7 Å². The Kier molecular flexibility index (Phi) is 6.79. The number of carbonyl (C=O) groups excluding carboxylic acids is 2. The van der Waals surface area contributed by atoms with Crippen molar-refractivity contribution in [3.63, 3.8) is 0 Å². The van der Waals surface area contributed by atoms with Gasteiger partial charge in [0.2, 0.25) is 0 Å². The molecule has 1 aliphatic heterocycles. The highest BCUT2D eigenvalue weighted by molar-refractivity contribution is 8.18. The summed E-state index contributed by atoms with van der Waals surface area (Å²) in [5, 5.41) is 10.8. The summed E-state index contributed by atoms with van der Waals surface area (Å²) in [5.41, 5.74) is 5.34. The second kappa shape index (κ2) is 9.79. The van der Waals surface area contributed by atoms with Crippen LogP contribution in [0.15, 0.2) is 53.4 Å². The fourth-order valence-corrected chi connectivity index (χ4v) is 4.89. The Morgan fingerprint density at radius 2 is 1.74 bits per heavy atom. The molecule has 0 aliphatic carbocycles. The first kappa shape index (κ1) is 24.3. The van der Waals surface area contributed by atoms with Crippen LogP contribution >= 0.6 is 11.8 Å². The molecule has 2 amide bonds. The molecule has 4 rings (SSSR count). The van der Waals surface area contributed by atoms with Crippen LogP contribution in [-0.4, -0.2) is 38.7 Å². The monoisotopic (exact) mass is 491 g/mol. The molecule has 1 aliphatic rings. The van der Waals surface area contributed by atoms with Crippen LogP contribution in [0.25, 0.3) is 11.8 Å². The first-order valence-electron chi connectivity index (χ1n) is 11.0. The fourth-order valence-electron chi connectivity index (χ4n) is 4.03. The number of thioether (sulfide) groups is 1. The molecule has 8 nitrogen and oxygen atoms in total. The topological polar surface area (TPSA) is 94.7 Å². The van der Waals surface area contributed by atoms with Gasteiger partial charge in [0.15, 0.2) is 0 Å². The van der Waals surface area contributed by atoms with E-state index in [1.807, 2.05) is 62.6 Å². The molecule has 0 bridgehead atoms. The quantitative estimate of drug-likeness (QED) is 0.238. The standard InChI is InChI=1S/C26H25N3O5S/c1-16-5-8-22(9-6-16)34-12-11-27-25(30)24(35-26(27)31)15-20-14-18(3)28(19(20)4)23-10-7-21(29(32)33)13-17(23)2/h5-10,13-15H,11-12H2,1-4H3/b24-15-. The van der Waals surface area contributed by atoms with Crippen LogP contribution in [0.4, 0.5) is 10.5 Å². The number of nitro benzene ring substituents is 1. The Morgan fingerprint density at radius 3 is 2.40 bits per heavy atom. The van der Waals surface area contributed by atoms with Crippen molar-refractivity contribution in [3.8, 4) is 11.4 Å². The van der Waals surface area contributed by atoms with E-state index in [1.54, 1.807) is 12.1 Å². The van der Waals surface area contributed by atoms with Gasteiger partial charge in [-0.05, 0) is 80.9 Å². The van der Waals surface area contributed by atoms with Crippen LogP contribution in [0, 0.1) is 37.8 Å². The van der Waals surface area contributed by atoms with E-state index in [1.165, 1.54) is 17.0 Å². The van der Waals surface area contributed by atoms with Crippen LogP contribution in [0.3, 0.4) is 0 Å². The minimum Gasteiger partial charge on any atom is -0.492 e. The molecule has 1 saturated heterocycles. The first-order valence-corrected chi connectivity index (χ1v) is 11.9. The number of imide groups is 1. The molecular formula is C26H25N3O5S. The average Bonchev–Trinajstić information content (AvgIpc) is 3.24. The molecule has 1 aromatic heterocycles. The zero-order chi connectivity index (χ0) is 25.3. The summed E-state index contributed by atoms with van der Waals surface area (Å²) in [6.07, 6.45) is 1.73. The van der Waals surface area contributed by atoms with Gasteiger partial charge in [0, 0.05) is 29.2 Å². The SMILES string of the molecule is Cc1ccc(OCCN2C(=O)S/C(=C\c3cc(C)n(-c4ccc([N+](=O)[O-])cc4C)c3C)C2=O)cc1. The minimum absolute atomic E-state index is 0.0361. The van der Waals surface area contributed by atoms with E-state index in [0.717, 1.165) is 45.5 Å². The number of nitrogens with zero attached hydrogens (tertiary/aromatic N) is 3. The molecule has 1 fully saturated rings. The van der Waals surface area contributed by atoms with E-state index in [4.69, 9.17) is 4.74 Å². The highest BCUT2D eigenvalue weighted by atomic mass is 32.2. The van der Waals surface area contributed by atoms with E-state index >= 15 is 0 Å². The summed E-state index contributed by atoms with van der Waals surface area (Å²) in [6, 6.07) is 14.3. The van der Waals surface area contributed by atoms with Crippen molar-refractivity contribution in [1.82, 2.24) is 9.47 Å². The molecule has 35 heavy (non-hydrogen) atoms. The highest BCUT2D eigenvalue weighted by Crippen LogP contribution is 2.34. The Morgan fingerprint density at radius 1 is 1.03 bits per heavy atom. The molecule has 0 spiro atoms. The maximum Gasteiger partial charge on any atom is 0.293 e. The third-order valence-electron chi connectivity index (χ3n) is 5.87. The van der Waals surface area contributed by atoms with Crippen molar-refractivity contribution in [2.75, 3.05) is 13.2 Å². The molecule has 2 heterocycles. The zero-order valence-electron chi connectivity index (χ0n) is 19.9. The molecule has 3 aromatic rings. The number of ether oxygens (including phenoxy) is 1. The first-order chi connectivity index (χ1) is 16.7. The van der Waals surface area contributed by atoms with Gasteiger partial charge in [-0.3, -0.25) is 24.6 Å². The number of amides is 2. The third-order valence-corrected chi connectivity index (χ3v) is 6.77. The Balaban J connectivity index is 1.52. The normalized spacial score (nSPS) is 14.7. The van der Waals surface area contributed by atoms with Crippen LogP contribution in [0.1, 0.15) is 28.1 Å². The maximum absolute atomic E-state index is 12.9. The van der Waals surface area contributed by atoms with Gasteiger partial charge >= 0.3 is 0 Å². The lowest BCUT2D eigenvalue weighted by Crippen LogP contribution is -2.32. The van der Waals surface area contributed by atoms with Crippen molar-refractivity contribution in [2.24, 2.45) is 0 Å². The second-order valence-electron chi connectivity index (χ2n) is 8.38. The summed E-state index contributed by atoms with van der Waals surface area (Å²) < 4.78 is 7.66. The molecular weight excluding hydrogens is 466 g/mol. The van der Waals surface area contributed by atoms with Crippen molar-refractivity contribution >= 4 is 34.7 Å². The fraction of sp³-hybridized carbons (Fsp3) is 0.231. The number of rotatable bonds is 7. The van der Waals surface area contributed by atoms with Gasteiger partial charge in [0.25, 0.3) is 16.8 Å². The maximum atomic E-state index is 12.9. The zero-order valence-corrected chi connectivity index (χ0v) is 20.7. The van der Waals surface area contributed by atoms with E-state index in [-0.39, 0.29) is 30.0 Å². The van der Waals surface area contributed by atoms with Crippen molar-refractivity contribution in [1.29, 1.82) is 0 Å². The summed E-state index contributed by atoms with van der Waals surface area (Å²) >= 11 is 0.912. The number of aryl methyl sites for hydroxylation is 3. The van der Waals surface area contributed by atoms with Crippen LogP contribution in [0.2, 0.25) is 0 Å². The summed E-state index contributed by atoms with van der Waals surface area (Å²) in [7, 11) is 0. The molecule has 180 valence electrons. The summed E-state index contributed by atoms with van der Waals surface area (Å²) in [5.74, 6) is 0.343. The van der Waals surface area contributed by atoms with Gasteiger partial charge in [-0.15, -0.1) is 0 Å². The lowest BCUT2D eigenvalue weighted by atomic mass is 10.1. The Hall–Kier alpha value is -3.85.